The van der Waals surface area contributed by atoms with E-state index < -0.39 is 12.0 Å². The second kappa shape index (κ2) is 7.03. The normalized spacial score (nSPS) is 18.4. The molecule has 0 aliphatic carbocycles. The monoisotopic (exact) mass is 292 g/mol. The van der Waals surface area contributed by atoms with Gasteiger partial charge in [0.25, 0.3) is 0 Å². The van der Waals surface area contributed by atoms with Gasteiger partial charge in [-0.15, -0.1) is 0 Å². The molecule has 0 aromatic carbocycles. The van der Waals surface area contributed by atoms with Crippen molar-refractivity contribution < 1.29 is 14.7 Å². The van der Waals surface area contributed by atoms with Crippen LogP contribution in [0.1, 0.15) is 30.3 Å². The highest BCUT2D eigenvalue weighted by molar-refractivity contribution is 5.98. The molecule has 2 rings (SSSR count). The third-order valence-corrected chi connectivity index (χ3v) is 3.66. The van der Waals surface area contributed by atoms with Gasteiger partial charge in [-0.3, -0.25) is 4.90 Å². The molecule has 1 aliphatic heterocycles. The smallest absolute Gasteiger partial charge is 0.356 e. The van der Waals surface area contributed by atoms with Crippen LogP contribution in [-0.4, -0.2) is 52.7 Å². The van der Waals surface area contributed by atoms with E-state index in [9.17, 15) is 9.59 Å². The fraction of sp³-hybridized carbons (Fsp3) is 0.500. The van der Waals surface area contributed by atoms with Crippen molar-refractivity contribution in [3.05, 3.63) is 24.0 Å². The lowest BCUT2D eigenvalue weighted by Crippen LogP contribution is -2.41. The molecule has 2 amide bonds. The highest BCUT2D eigenvalue weighted by atomic mass is 16.4. The predicted octanol–water partition coefficient (Wildman–Crippen LogP) is 1.39. The number of nitrogens with one attached hydrogen (secondary N) is 2. The van der Waals surface area contributed by atoms with Gasteiger partial charge in [0.2, 0.25) is 0 Å². The summed E-state index contributed by atoms with van der Waals surface area (Å²) in [5, 5.41) is 14.3. The van der Waals surface area contributed by atoms with Crippen molar-refractivity contribution in [1.29, 1.82) is 0 Å². The number of rotatable bonds is 5. The summed E-state index contributed by atoms with van der Waals surface area (Å²) in [6, 6.07) is 3.05. The summed E-state index contributed by atoms with van der Waals surface area (Å²) in [6.45, 7) is 4.70. The largest absolute Gasteiger partial charge is 0.476 e. The Morgan fingerprint density at radius 1 is 1.52 bits per heavy atom. The quantitative estimate of drug-likeness (QED) is 0.762. The fourth-order valence-corrected chi connectivity index (χ4v) is 2.60. The standard InChI is InChI=1S/C14H20N4O3/c1-2-18-8-4-5-10(18)9-16-14(21)17-11-6-3-7-15-12(11)13(19)20/h3,6-7,10H,2,4-5,8-9H2,1H3,(H,19,20)(H2,16,17,21). The molecule has 2 heterocycles. The molecule has 0 bridgehead atoms. The maximum atomic E-state index is 11.9. The molecule has 1 unspecified atom stereocenters. The van der Waals surface area contributed by atoms with Crippen LogP contribution in [0.4, 0.5) is 10.5 Å². The molecule has 0 radical (unpaired) electrons. The number of nitrogens with zero attached hydrogens (tertiary/aromatic N) is 2. The van der Waals surface area contributed by atoms with Crippen molar-refractivity contribution in [2.24, 2.45) is 0 Å². The molecule has 1 fully saturated rings. The number of carbonyl (C=O) groups excluding carboxylic acids is 1. The Hall–Kier alpha value is -2.15. The highest BCUT2D eigenvalue weighted by Crippen LogP contribution is 2.16. The zero-order valence-corrected chi connectivity index (χ0v) is 12.0. The van der Waals surface area contributed by atoms with E-state index in [1.165, 1.54) is 12.3 Å². The Balaban J connectivity index is 1.89. The number of pyridine rings is 1. The number of carbonyl (C=O) groups is 2. The van der Waals surface area contributed by atoms with Gasteiger partial charge in [0.05, 0.1) is 5.69 Å². The first-order valence-corrected chi connectivity index (χ1v) is 7.09. The van der Waals surface area contributed by atoms with Gasteiger partial charge in [-0.05, 0) is 38.1 Å². The molecule has 1 aromatic rings. The van der Waals surface area contributed by atoms with Crippen molar-refractivity contribution in [3.63, 3.8) is 0 Å². The van der Waals surface area contributed by atoms with Gasteiger partial charge >= 0.3 is 12.0 Å². The molecule has 7 nitrogen and oxygen atoms in total. The van der Waals surface area contributed by atoms with Gasteiger partial charge in [0.15, 0.2) is 5.69 Å². The van der Waals surface area contributed by atoms with Crippen LogP contribution in [0.15, 0.2) is 18.3 Å². The van der Waals surface area contributed by atoms with Gasteiger partial charge < -0.3 is 15.7 Å². The molecule has 21 heavy (non-hydrogen) atoms. The van der Waals surface area contributed by atoms with E-state index in [1.54, 1.807) is 6.07 Å². The lowest BCUT2D eigenvalue weighted by Gasteiger charge is -2.22. The zero-order chi connectivity index (χ0) is 15.2. The van der Waals surface area contributed by atoms with Crippen LogP contribution >= 0.6 is 0 Å². The molecule has 1 saturated heterocycles. The van der Waals surface area contributed by atoms with Crippen molar-refractivity contribution in [3.8, 4) is 0 Å². The van der Waals surface area contributed by atoms with Crippen molar-refractivity contribution >= 4 is 17.7 Å². The number of carboxylic acid groups (broad SMARTS) is 1. The molecule has 0 saturated carbocycles. The van der Waals surface area contributed by atoms with Crippen molar-refractivity contribution in [2.45, 2.75) is 25.8 Å². The minimum absolute atomic E-state index is 0.163. The molecular formula is C14H20N4O3. The zero-order valence-electron chi connectivity index (χ0n) is 12.0. The third-order valence-electron chi connectivity index (χ3n) is 3.66. The first kappa shape index (κ1) is 15.2. The average molecular weight is 292 g/mol. The Kier molecular flexibility index (Phi) is 5.10. The number of urea groups is 1. The minimum atomic E-state index is -1.17. The number of aromatic nitrogens is 1. The fourth-order valence-electron chi connectivity index (χ4n) is 2.60. The number of amides is 2. The van der Waals surface area contributed by atoms with Gasteiger partial charge in [-0.25, -0.2) is 14.6 Å². The lowest BCUT2D eigenvalue weighted by atomic mass is 10.2. The molecule has 1 atom stereocenters. The van der Waals surface area contributed by atoms with E-state index in [4.69, 9.17) is 5.11 Å². The second-order valence-electron chi connectivity index (χ2n) is 4.96. The number of likely N-dealkylation sites (tertiary alicyclic amines) is 1. The molecule has 7 heteroatoms. The van der Waals surface area contributed by atoms with Crippen LogP contribution in [0.25, 0.3) is 0 Å². The van der Waals surface area contributed by atoms with Gasteiger partial charge in [0, 0.05) is 18.8 Å². The molecule has 3 N–H and O–H groups in total. The van der Waals surface area contributed by atoms with E-state index in [0.717, 1.165) is 25.9 Å². The van der Waals surface area contributed by atoms with Gasteiger partial charge in [-0.1, -0.05) is 6.92 Å². The van der Waals surface area contributed by atoms with Crippen LogP contribution in [0.3, 0.4) is 0 Å². The molecule has 1 aliphatic rings. The summed E-state index contributed by atoms with van der Waals surface area (Å²) in [7, 11) is 0. The van der Waals surface area contributed by atoms with Crippen LogP contribution in [-0.2, 0) is 0 Å². The van der Waals surface area contributed by atoms with E-state index in [1.807, 2.05) is 0 Å². The third kappa shape index (κ3) is 3.91. The van der Waals surface area contributed by atoms with Crippen LogP contribution < -0.4 is 10.6 Å². The summed E-state index contributed by atoms with van der Waals surface area (Å²) in [5.41, 5.74) is 0.0324. The lowest BCUT2D eigenvalue weighted by molar-refractivity contribution is 0.0691. The summed E-state index contributed by atoms with van der Waals surface area (Å²) >= 11 is 0. The number of carboxylic acids is 1. The first-order valence-electron chi connectivity index (χ1n) is 7.09. The van der Waals surface area contributed by atoms with E-state index >= 15 is 0 Å². The number of likely N-dealkylation sites (N-methyl/N-ethyl adjacent to an activating group) is 1. The molecule has 114 valence electrons. The Bertz CT molecular complexity index is 521. The van der Waals surface area contributed by atoms with Crippen molar-refractivity contribution in [2.75, 3.05) is 25.0 Å². The number of anilines is 1. The van der Waals surface area contributed by atoms with Gasteiger partial charge in [0.1, 0.15) is 0 Å². The average Bonchev–Trinajstić information content (AvgIpc) is 2.93. The Labute approximate surface area is 123 Å². The number of hydrogen-bond acceptors (Lipinski definition) is 4. The topological polar surface area (TPSA) is 94.6 Å². The van der Waals surface area contributed by atoms with E-state index in [2.05, 4.69) is 27.4 Å². The van der Waals surface area contributed by atoms with E-state index in [-0.39, 0.29) is 11.4 Å². The maximum Gasteiger partial charge on any atom is 0.356 e. The van der Waals surface area contributed by atoms with Crippen LogP contribution in [0.5, 0.6) is 0 Å². The Morgan fingerprint density at radius 2 is 2.33 bits per heavy atom. The van der Waals surface area contributed by atoms with Crippen molar-refractivity contribution in [1.82, 2.24) is 15.2 Å². The molecule has 0 spiro atoms. The minimum Gasteiger partial charge on any atom is -0.476 e. The first-order chi connectivity index (χ1) is 10.1. The maximum absolute atomic E-state index is 11.9. The van der Waals surface area contributed by atoms with Gasteiger partial charge in [-0.2, -0.15) is 0 Å². The van der Waals surface area contributed by atoms with Crippen LogP contribution in [0.2, 0.25) is 0 Å². The predicted molar refractivity (Wildman–Crippen MR) is 78.5 cm³/mol. The number of hydrogen-bond donors (Lipinski definition) is 3. The number of aromatic carboxylic acids is 1. The summed E-state index contributed by atoms with van der Waals surface area (Å²) in [4.78, 5) is 29.0. The summed E-state index contributed by atoms with van der Waals surface area (Å²) < 4.78 is 0. The van der Waals surface area contributed by atoms with Crippen LogP contribution in [0, 0.1) is 0 Å². The summed E-state index contributed by atoms with van der Waals surface area (Å²) in [6.07, 6.45) is 3.60. The highest BCUT2D eigenvalue weighted by Gasteiger charge is 2.23. The molecular weight excluding hydrogens is 272 g/mol. The molecule has 1 aromatic heterocycles. The SMILES string of the molecule is CCN1CCCC1CNC(=O)Nc1cccnc1C(=O)O. The second-order valence-corrected chi connectivity index (χ2v) is 4.96. The summed E-state index contributed by atoms with van der Waals surface area (Å²) in [5.74, 6) is -1.17. The Morgan fingerprint density at radius 3 is 3.05 bits per heavy atom. The van der Waals surface area contributed by atoms with E-state index in [0.29, 0.717) is 12.6 Å².